The van der Waals surface area contributed by atoms with Crippen molar-refractivity contribution in [2.45, 2.75) is 0 Å². The minimum Gasteiger partial charge on any atom is -0.497 e. The van der Waals surface area contributed by atoms with Gasteiger partial charge in [-0.1, -0.05) is 42.5 Å². The van der Waals surface area contributed by atoms with E-state index in [4.69, 9.17) is 18.9 Å². The summed E-state index contributed by atoms with van der Waals surface area (Å²) in [6.07, 6.45) is 3.36. The van der Waals surface area contributed by atoms with Gasteiger partial charge in [-0.05, 0) is 35.9 Å². The Kier molecular flexibility index (Phi) is 9.45. The standard InChI is InChI=1S/C27H25N5O7S/c1-36-21-10-7-11-22(18-21)39-24-25(32-40(34,35)17-13-20-8-3-2-4-9-20)29-19-30-26(24)37-15-16-38-27(33)31-23-12-5-6-14-28-23/h2-14,17-19H,15-16H2,1H3,(H,28,31,33)(H,29,30,32)/b17-13+. The van der Waals surface area contributed by atoms with E-state index in [1.165, 1.54) is 19.4 Å². The molecule has 13 heteroatoms. The summed E-state index contributed by atoms with van der Waals surface area (Å²) < 4.78 is 50.0. The molecule has 0 unspecified atom stereocenters. The van der Waals surface area contributed by atoms with Gasteiger partial charge in [-0.25, -0.2) is 23.2 Å². The van der Waals surface area contributed by atoms with E-state index in [0.717, 1.165) is 11.7 Å². The molecule has 0 saturated heterocycles. The maximum Gasteiger partial charge on any atom is 0.412 e. The zero-order valence-electron chi connectivity index (χ0n) is 21.3. The van der Waals surface area contributed by atoms with Crippen LogP contribution in [0, 0.1) is 0 Å². The van der Waals surface area contributed by atoms with Gasteiger partial charge in [0.15, 0.2) is 5.82 Å². The van der Waals surface area contributed by atoms with Crippen LogP contribution >= 0.6 is 0 Å². The molecule has 4 rings (SSSR count). The zero-order chi connectivity index (χ0) is 28.2. The van der Waals surface area contributed by atoms with E-state index in [2.05, 4.69) is 25.0 Å². The van der Waals surface area contributed by atoms with Crippen molar-refractivity contribution in [1.82, 2.24) is 15.0 Å². The van der Waals surface area contributed by atoms with Crippen LogP contribution in [-0.2, 0) is 14.8 Å². The first-order valence-corrected chi connectivity index (χ1v) is 13.4. The van der Waals surface area contributed by atoms with E-state index in [9.17, 15) is 13.2 Å². The minimum atomic E-state index is -4.01. The van der Waals surface area contributed by atoms with Gasteiger partial charge in [0, 0.05) is 12.3 Å². The summed E-state index contributed by atoms with van der Waals surface area (Å²) in [5, 5.41) is 3.49. The van der Waals surface area contributed by atoms with Crippen LogP contribution in [0.2, 0.25) is 0 Å². The molecule has 0 aliphatic rings. The molecule has 2 aromatic carbocycles. The second-order valence-electron chi connectivity index (χ2n) is 7.82. The molecule has 0 atom stereocenters. The van der Waals surface area contributed by atoms with Crippen LogP contribution in [0.5, 0.6) is 23.1 Å². The number of carbonyl (C=O) groups is 1. The van der Waals surface area contributed by atoms with Gasteiger partial charge < -0.3 is 18.9 Å². The van der Waals surface area contributed by atoms with Gasteiger partial charge in [-0.2, -0.15) is 4.98 Å². The van der Waals surface area contributed by atoms with Crippen LogP contribution < -0.4 is 24.2 Å². The normalized spacial score (nSPS) is 11.0. The Bertz CT molecular complexity index is 1550. The lowest BCUT2D eigenvalue weighted by atomic mass is 10.2. The van der Waals surface area contributed by atoms with Crippen molar-refractivity contribution in [2.75, 3.05) is 30.4 Å². The largest absolute Gasteiger partial charge is 0.497 e. The summed E-state index contributed by atoms with van der Waals surface area (Å²) in [5.41, 5.74) is 0.694. The number of sulfonamides is 1. The predicted octanol–water partition coefficient (Wildman–Crippen LogP) is 4.71. The molecule has 2 N–H and O–H groups in total. The lowest BCUT2D eigenvalue weighted by Crippen LogP contribution is -2.18. The Morgan fingerprint density at radius 1 is 0.925 bits per heavy atom. The van der Waals surface area contributed by atoms with Gasteiger partial charge >= 0.3 is 6.09 Å². The first-order valence-electron chi connectivity index (χ1n) is 11.8. The van der Waals surface area contributed by atoms with E-state index in [0.29, 0.717) is 22.9 Å². The number of hydrogen-bond acceptors (Lipinski definition) is 10. The third kappa shape index (κ3) is 8.43. The molecule has 0 aliphatic heterocycles. The molecule has 2 aromatic heterocycles. The number of nitrogens with zero attached hydrogens (tertiary/aromatic N) is 3. The number of amides is 1. The van der Waals surface area contributed by atoms with E-state index < -0.39 is 16.1 Å². The van der Waals surface area contributed by atoms with Crippen molar-refractivity contribution >= 4 is 33.8 Å². The Morgan fingerprint density at radius 3 is 2.50 bits per heavy atom. The molecule has 0 aliphatic carbocycles. The summed E-state index contributed by atoms with van der Waals surface area (Å²) in [5.74, 6) is 0.791. The molecule has 2 heterocycles. The van der Waals surface area contributed by atoms with Crippen molar-refractivity contribution < 1.29 is 32.2 Å². The number of pyridine rings is 1. The van der Waals surface area contributed by atoms with E-state index in [1.807, 2.05) is 6.07 Å². The van der Waals surface area contributed by atoms with Crippen LogP contribution in [0.4, 0.5) is 16.4 Å². The number of nitrogens with one attached hydrogen (secondary N) is 2. The highest BCUT2D eigenvalue weighted by Gasteiger charge is 2.20. The fraction of sp³-hybridized carbons (Fsp3) is 0.111. The molecule has 0 spiro atoms. The molecule has 0 saturated carbocycles. The van der Waals surface area contributed by atoms with Crippen molar-refractivity contribution in [1.29, 1.82) is 0 Å². The van der Waals surface area contributed by atoms with Crippen LogP contribution in [0.1, 0.15) is 5.56 Å². The number of carbonyl (C=O) groups excluding carboxylic acids is 1. The first-order chi connectivity index (χ1) is 19.4. The number of methoxy groups -OCH3 is 1. The zero-order valence-corrected chi connectivity index (χ0v) is 22.1. The van der Waals surface area contributed by atoms with Gasteiger partial charge in [0.05, 0.1) is 12.5 Å². The summed E-state index contributed by atoms with van der Waals surface area (Å²) in [7, 11) is -2.51. The first kappa shape index (κ1) is 27.9. The van der Waals surface area contributed by atoms with Crippen molar-refractivity contribution in [3.63, 3.8) is 0 Å². The maximum absolute atomic E-state index is 12.8. The highest BCUT2D eigenvalue weighted by atomic mass is 32.2. The third-order valence-electron chi connectivity index (χ3n) is 4.96. The van der Waals surface area contributed by atoms with Gasteiger partial charge in [0.1, 0.15) is 36.9 Å². The number of hydrogen-bond donors (Lipinski definition) is 2. The van der Waals surface area contributed by atoms with Crippen LogP contribution in [0.15, 0.2) is 90.7 Å². The average Bonchev–Trinajstić information content (AvgIpc) is 2.97. The van der Waals surface area contributed by atoms with Crippen LogP contribution in [0.25, 0.3) is 6.08 Å². The number of ether oxygens (including phenoxy) is 4. The highest BCUT2D eigenvalue weighted by molar-refractivity contribution is 7.95. The monoisotopic (exact) mass is 563 g/mol. The molecule has 0 radical (unpaired) electrons. The Labute approximate surface area is 230 Å². The van der Waals surface area contributed by atoms with Gasteiger partial charge in [-0.3, -0.25) is 10.0 Å². The Hall–Kier alpha value is -5.17. The van der Waals surface area contributed by atoms with E-state index >= 15 is 0 Å². The molecular formula is C27H25N5O7S. The minimum absolute atomic E-state index is 0.0868. The topological polar surface area (TPSA) is 151 Å². The number of anilines is 2. The van der Waals surface area contributed by atoms with Crippen molar-refractivity contribution in [3.8, 4) is 23.1 Å². The molecule has 0 fully saturated rings. The predicted molar refractivity (Wildman–Crippen MR) is 148 cm³/mol. The lowest BCUT2D eigenvalue weighted by Gasteiger charge is -2.15. The number of benzene rings is 2. The summed E-state index contributed by atoms with van der Waals surface area (Å²) >= 11 is 0. The molecule has 4 aromatic rings. The molecule has 12 nitrogen and oxygen atoms in total. The van der Waals surface area contributed by atoms with E-state index in [1.54, 1.807) is 66.7 Å². The van der Waals surface area contributed by atoms with Crippen LogP contribution in [-0.4, -0.2) is 49.8 Å². The number of aromatic nitrogens is 3. The molecule has 0 bridgehead atoms. The second kappa shape index (κ2) is 13.6. The summed E-state index contributed by atoms with van der Waals surface area (Å²) in [6, 6.07) is 20.6. The fourth-order valence-corrected chi connectivity index (χ4v) is 3.98. The van der Waals surface area contributed by atoms with Crippen LogP contribution in [0.3, 0.4) is 0 Å². The Balaban J connectivity index is 1.49. The molecule has 206 valence electrons. The average molecular weight is 564 g/mol. The summed E-state index contributed by atoms with van der Waals surface area (Å²) in [6.45, 7) is -0.274. The van der Waals surface area contributed by atoms with Gasteiger partial charge in [0.2, 0.25) is 5.75 Å². The molecular weight excluding hydrogens is 538 g/mol. The Morgan fingerprint density at radius 2 is 1.73 bits per heavy atom. The number of rotatable bonds is 12. The van der Waals surface area contributed by atoms with Gasteiger partial charge in [0.25, 0.3) is 15.9 Å². The van der Waals surface area contributed by atoms with Crippen molar-refractivity contribution in [2.24, 2.45) is 0 Å². The van der Waals surface area contributed by atoms with Crippen molar-refractivity contribution in [3.05, 3.63) is 96.3 Å². The lowest BCUT2D eigenvalue weighted by molar-refractivity contribution is 0.135. The summed E-state index contributed by atoms with van der Waals surface area (Å²) in [4.78, 5) is 24.1. The quantitative estimate of drug-likeness (QED) is 0.232. The molecule has 40 heavy (non-hydrogen) atoms. The fourth-order valence-electron chi connectivity index (χ4n) is 3.16. The smallest absolute Gasteiger partial charge is 0.412 e. The third-order valence-corrected chi connectivity index (χ3v) is 5.93. The second-order valence-corrected chi connectivity index (χ2v) is 9.39. The maximum atomic E-state index is 12.8. The van der Waals surface area contributed by atoms with Gasteiger partial charge in [-0.15, -0.1) is 0 Å². The molecule has 1 amide bonds. The van der Waals surface area contributed by atoms with E-state index in [-0.39, 0.29) is 30.7 Å². The highest BCUT2D eigenvalue weighted by Crippen LogP contribution is 2.37. The SMILES string of the molecule is COc1cccc(Oc2c(NS(=O)(=O)/C=C/c3ccccc3)ncnc2OCCOC(=O)Nc2ccccn2)c1.